The van der Waals surface area contributed by atoms with Crippen LogP contribution in [-0.2, 0) is 12.8 Å². The number of rotatable bonds is 6. The molecule has 0 saturated heterocycles. The summed E-state index contributed by atoms with van der Waals surface area (Å²) in [5, 5.41) is 2.82. The van der Waals surface area contributed by atoms with Gasteiger partial charge in [0.05, 0.1) is 11.4 Å². The highest BCUT2D eigenvalue weighted by Gasteiger charge is 2.20. The largest absolute Gasteiger partial charge is 0.260 e. The smallest absolute Gasteiger partial charge is 0.0504 e. The molecule has 0 spiro atoms. The van der Waals surface area contributed by atoms with Crippen molar-refractivity contribution in [3.05, 3.63) is 97.2 Å². The molecule has 3 aromatic heterocycles. The van der Waals surface area contributed by atoms with Crippen molar-refractivity contribution in [2.75, 3.05) is 0 Å². The van der Waals surface area contributed by atoms with Crippen molar-refractivity contribution >= 4 is 24.3 Å². The van der Waals surface area contributed by atoms with Gasteiger partial charge in [-0.2, -0.15) is 0 Å². The minimum Gasteiger partial charge on any atom is -0.260 e. The van der Waals surface area contributed by atoms with Crippen molar-refractivity contribution in [1.82, 2.24) is 15.0 Å². The highest BCUT2D eigenvalue weighted by molar-refractivity contribution is 5.65. The summed E-state index contributed by atoms with van der Waals surface area (Å²) in [6, 6.07) is 0. The monoisotopic (exact) mass is 603 g/mol. The van der Waals surface area contributed by atoms with Gasteiger partial charge in [-0.15, -0.1) is 0 Å². The Morgan fingerprint density at radius 1 is 0.444 bits per heavy atom. The van der Waals surface area contributed by atoms with E-state index in [0.29, 0.717) is 35.5 Å². The molecule has 240 valence electrons. The number of nitrogens with zero attached hydrogens (tertiary/aromatic N) is 3. The van der Waals surface area contributed by atoms with Gasteiger partial charge in [0.2, 0.25) is 0 Å². The number of allylic oxidation sites excluding steroid dienone is 2. The zero-order valence-electron chi connectivity index (χ0n) is 30.1. The molecule has 0 saturated carbocycles. The quantitative estimate of drug-likeness (QED) is 0.281. The van der Waals surface area contributed by atoms with Crippen LogP contribution in [-0.4, -0.2) is 15.0 Å². The summed E-state index contributed by atoms with van der Waals surface area (Å²) in [6.45, 7) is 26.7. The number of aromatic nitrogens is 3. The first kappa shape index (κ1) is 34.5. The van der Waals surface area contributed by atoms with E-state index in [1.54, 1.807) is 0 Å². The molecule has 3 heterocycles. The lowest BCUT2D eigenvalue weighted by Gasteiger charge is -2.16. The molecule has 6 rings (SSSR count). The lowest BCUT2D eigenvalue weighted by Crippen LogP contribution is -2.32. The normalized spacial score (nSPS) is 14.0. The number of pyridine rings is 3. The van der Waals surface area contributed by atoms with Crippen molar-refractivity contribution in [3.63, 3.8) is 0 Å². The van der Waals surface area contributed by atoms with Crippen molar-refractivity contribution in [2.45, 2.75) is 138 Å². The van der Waals surface area contributed by atoms with Gasteiger partial charge in [0, 0.05) is 24.3 Å². The number of fused-ring (bicyclic) bond motifs is 3. The summed E-state index contributed by atoms with van der Waals surface area (Å²) in [7, 11) is 0. The molecular formula is C42H57N3. The second-order valence-electron chi connectivity index (χ2n) is 14.7. The zero-order valence-corrected chi connectivity index (χ0v) is 30.1. The molecule has 0 aromatic carbocycles. The summed E-state index contributed by atoms with van der Waals surface area (Å²) >= 11 is 0. The molecule has 0 amide bonds. The van der Waals surface area contributed by atoms with Gasteiger partial charge < -0.3 is 0 Å². The molecule has 3 nitrogen and oxygen atoms in total. The van der Waals surface area contributed by atoms with Crippen molar-refractivity contribution < 1.29 is 0 Å². The van der Waals surface area contributed by atoms with Gasteiger partial charge in [-0.05, 0) is 104 Å². The van der Waals surface area contributed by atoms with Gasteiger partial charge in [0.25, 0.3) is 0 Å². The van der Waals surface area contributed by atoms with E-state index < -0.39 is 0 Å². The zero-order chi connectivity index (χ0) is 33.0. The molecular weight excluding hydrogens is 546 g/mol. The fraction of sp³-hybridized carbons (Fsp3) is 0.500. The summed E-state index contributed by atoms with van der Waals surface area (Å²) < 4.78 is 0. The Hall–Kier alpha value is -3.33. The Labute approximate surface area is 273 Å². The summed E-state index contributed by atoms with van der Waals surface area (Å²) in [5.41, 5.74) is 13.8. The maximum atomic E-state index is 4.63. The third kappa shape index (κ3) is 7.56. The van der Waals surface area contributed by atoms with E-state index in [2.05, 4.69) is 153 Å². The molecule has 0 N–H and O–H groups in total. The van der Waals surface area contributed by atoms with Crippen LogP contribution in [0.1, 0.15) is 181 Å². The number of hydrogen-bond donors (Lipinski definition) is 0. The maximum absolute atomic E-state index is 4.63. The van der Waals surface area contributed by atoms with E-state index in [-0.39, 0.29) is 0 Å². The van der Waals surface area contributed by atoms with Gasteiger partial charge in [-0.3, -0.25) is 15.0 Å². The Bertz CT molecular complexity index is 1560. The van der Waals surface area contributed by atoms with E-state index in [9.17, 15) is 0 Å². The first-order valence-corrected chi connectivity index (χ1v) is 17.4. The third-order valence-corrected chi connectivity index (χ3v) is 9.16. The molecule has 0 bridgehead atoms. The highest BCUT2D eigenvalue weighted by Crippen LogP contribution is 2.33. The van der Waals surface area contributed by atoms with Crippen molar-refractivity contribution in [3.8, 4) is 0 Å². The topological polar surface area (TPSA) is 38.7 Å². The van der Waals surface area contributed by atoms with Gasteiger partial charge in [0.1, 0.15) is 0 Å². The van der Waals surface area contributed by atoms with Crippen LogP contribution in [0, 0.1) is 0 Å². The van der Waals surface area contributed by atoms with E-state index in [1.165, 1.54) is 66.5 Å². The highest BCUT2D eigenvalue weighted by atomic mass is 14.7. The van der Waals surface area contributed by atoms with Crippen molar-refractivity contribution in [2.24, 2.45) is 0 Å². The molecule has 0 atom stereocenters. The average molecular weight is 604 g/mol. The molecule has 3 aromatic rings. The molecule has 0 fully saturated rings. The van der Waals surface area contributed by atoms with Gasteiger partial charge in [-0.1, -0.05) is 120 Å². The van der Waals surface area contributed by atoms with Crippen LogP contribution in [0.5, 0.6) is 0 Å². The van der Waals surface area contributed by atoms with Gasteiger partial charge in [0.15, 0.2) is 0 Å². The lowest BCUT2D eigenvalue weighted by atomic mass is 9.93. The van der Waals surface area contributed by atoms with Crippen molar-refractivity contribution in [1.29, 1.82) is 0 Å². The van der Waals surface area contributed by atoms with Crippen LogP contribution in [0.4, 0.5) is 0 Å². The summed E-state index contributed by atoms with van der Waals surface area (Å²) in [5.74, 6) is 3.27. The second kappa shape index (κ2) is 14.8. The molecule has 3 heteroatoms. The molecule has 0 aliphatic heterocycles. The first-order chi connectivity index (χ1) is 21.3. The van der Waals surface area contributed by atoms with Gasteiger partial charge in [-0.25, -0.2) is 0 Å². The van der Waals surface area contributed by atoms with E-state index in [1.807, 2.05) is 0 Å². The lowest BCUT2D eigenvalue weighted by molar-refractivity contribution is 0.786. The van der Waals surface area contributed by atoms with Crippen LogP contribution in [0.2, 0.25) is 0 Å². The maximum Gasteiger partial charge on any atom is 0.0504 e. The standard InChI is InChI=1S/3C14H19N/c3*1-9(2)13-8-15-14(10(3)4)12-7-5-6-11(12)13/h6-10H,5H2,1-4H3;5,7-10H,6H2,1-4H3;5-6,8-10H,7H2,1-4H3. The minimum absolute atomic E-state index is 0.516. The van der Waals surface area contributed by atoms with Crippen LogP contribution >= 0.6 is 0 Å². The second-order valence-corrected chi connectivity index (χ2v) is 14.7. The molecule has 0 unspecified atom stereocenters. The van der Waals surface area contributed by atoms with Gasteiger partial charge >= 0.3 is 0 Å². The minimum atomic E-state index is 0.516. The number of hydrogen-bond acceptors (Lipinski definition) is 3. The SMILES string of the molecule is CC(C)c1cnc(C(C)C)c2c1=CCC=2.CC(C)c1cnc(C(C)C)c2c1C=CC2.CC(C)c1cnc(C(C)C)c2c1CC=C2. The van der Waals surface area contributed by atoms with E-state index >= 15 is 0 Å². The predicted molar refractivity (Wildman–Crippen MR) is 196 cm³/mol. The summed E-state index contributed by atoms with van der Waals surface area (Å²) in [6.07, 6.45) is 23.1. The van der Waals surface area contributed by atoms with E-state index in [4.69, 9.17) is 0 Å². The molecule has 3 aliphatic rings. The van der Waals surface area contributed by atoms with Crippen LogP contribution in [0.25, 0.3) is 24.3 Å². The molecule has 0 radical (unpaired) electrons. The average Bonchev–Trinajstić information content (AvgIpc) is 3.76. The third-order valence-electron chi connectivity index (χ3n) is 9.16. The van der Waals surface area contributed by atoms with Crippen LogP contribution < -0.4 is 10.4 Å². The Morgan fingerprint density at radius 3 is 1.49 bits per heavy atom. The summed E-state index contributed by atoms with van der Waals surface area (Å²) in [4.78, 5) is 13.9. The first-order valence-electron chi connectivity index (χ1n) is 17.4. The Balaban J connectivity index is 0.000000154. The van der Waals surface area contributed by atoms with Crippen LogP contribution in [0.15, 0.2) is 30.7 Å². The fourth-order valence-corrected chi connectivity index (χ4v) is 6.75. The Morgan fingerprint density at radius 2 is 0.911 bits per heavy atom. The molecule has 45 heavy (non-hydrogen) atoms. The Kier molecular flexibility index (Phi) is 11.4. The fourth-order valence-electron chi connectivity index (χ4n) is 6.75. The van der Waals surface area contributed by atoms with E-state index in [0.717, 1.165) is 19.3 Å². The predicted octanol–water partition coefficient (Wildman–Crippen LogP) is 10.1. The molecule has 3 aliphatic carbocycles. The van der Waals surface area contributed by atoms with Crippen LogP contribution in [0.3, 0.4) is 0 Å².